The molecule has 0 bridgehead atoms. The molecule has 7 heteroatoms. The molecular weight excluding hydrogens is 295 g/mol. The number of methoxy groups -OCH3 is 1. The lowest BCUT2D eigenvalue weighted by Crippen LogP contribution is -2.14. The van der Waals surface area contributed by atoms with Gasteiger partial charge >= 0.3 is 0 Å². The first-order chi connectivity index (χ1) is 9.97. The Morgan fingerprint density at radius 1 is 1.19 bits per heavy atom. The van der Waals surface area contributed by atoms with Crippen LogP contribution in [0.3, 0.4) is 0 Å². The van der Waals surface area contributed by atoms with Crippen LogP contribution in [0.2, 0.25) is 0 Å². The van der Waals surface area contributed by atoms with E-state index in [-0.39, 0.29) is 21.9 Å². The Morgan fingerprint density at radius 2 is 1.86 bits per heavy atom. The van der Waals surface area contributed by atoms with Gasteiger partial charge in [-0.3, -0.25) is 4.72 Å². The zero-order chi connectivity index (χ0) is 15.5. The van der Waals surface area contributed by atoms with Crippen molar-refractivity contribution in [3.8, 4) is 11.8 Å². The Balaban J connectivity index is 2.46. The van der Waals surface area contributed by atoms with Crippen molar-refractivity contribution in [2.75, 3.05) is 11.8 Å². The number of hydrogen-bond donors (Lipinski definition) is 1. The van der Waals surface area contributed by atoms with Crippen molar-refractivity contribution in [1.82, 2.24) is 0 Å². The Bertz CT molecular complexity index is 796. The van der Waals surface area contributed by atoms with Crippen LogP contribution in [0.15, 0.2) is 47.4 Å². The first-order valence-corrected chi connectivity index (χ1v) is 7.32. The maximum Gasteiger partial charge on any atom is 0.262 e. The standard InChI is InChI=1S/C14H11FN2O3S/c1-20-13-4-2-3-10(9-16)14(13)17-21(18,19)12-7-5-11(15)6-8-12/h2-8,17H,1H3. The third-order valence-corrected chi connectivity index (χ3v) is 4.09. The van der Waals surface area contributed by atoms with Gasteiger partial charge in [0.25, 0.3) is 10.0 Å². The molecule has 108 valence electrons. The smallest absolute Gasteiger partial charge is 0.262 e. The van der Waals surface area contributed by atoms with Gasteiger partial charge in [0.15, 0.2) is 0 Å². The predicted molar refractivity (Wildman–Crippen MR) is 74.9 cm³/mol. The van der Waals surface area contributed by atoms with E-state index in [1.807, 2.05) is 6.07 Å². The fourth-order valence-corrected chi connectivity index (χ4v) is 2.80. The van der Waals surface area contributed by atoms with Crippen molar-refractivity contribution >= 4 is 15.7 Å². The third-order valence-electron chi connectivity index (χ3n) is 2.73. The SMILES string of the molecule is COc1cccc(C#N)c1NS(=O)(=O)c1ccc(F)cc1. The van der Waals surface area contributed by atoms with Crippen LogP contribution in [-0.2, 0) is 10.0 Å². The monoisotopic (exact) mass is 306 g/mol. The van der Waals surface area contributed by atoms with E-state index >= 15 is 0 Å². The van der Waals surface area contributed by atoms with Crippen molar-refractivity contribution in [2.24, 2.45) is 0 Å². The van der Waals surface area contributed by atoms with Crippen LogP contribution in [0.5, 0.6) is 5.75 Å². The minimum absolute atomic E-state index is 0.0480. The van der Waals surface area contributed by atoms with E-state index in [1.54, 1.807) is 6.07 Å². The van der Waals surface area contributed by atoms with Crippen LogP contribution >= 0.6 is 0 Å². The lowest BCUT2D eigenvalue weighted by molar-refractivity contribution is 0.416. The zero-order valence-electron chi connectivity index (χ0n) is 11.0. The molecular formula is C14H11FN2O3S. The molecule has 0 unspecified atom stereocenters. The summed E-state index contributed by atoms with van der Waals surface area (Å²) in [5.41, 5.74) is 0.173. The van der Waals surface area contributed by atoms with Crippen LogP contribution in [-0.4, -0.2) is 15.5 Å². The number of nitriles is 1. The Labute approximate surface area is 121 Å². The molecule has 0 aliphatic rings. The topological polar surface area (TPSA) is 79.2 Å². The van der Waals surface area contributed by atoms with Gasteiger partial charge in [0.1, 0.15) is 23.3 Å². The molecule has 0 atom stereocenters. The highest BCUT2D eigenvalue weighted by Crippen LogP contribution is 2.30. The van der Waals surface area contributed by atoms with Gasteiger partial charge in [0.2, 0.25) is 0 Å². The maximum absolute atomic E-state index is 12.9. The molecule has 0 saturated heterocycles. The molecule has 0 saturated carbocycles. The quantitative estimate of drug-likeness (QED) is 0.941. The highest BCUT2D eigenvalue weighted by atomic mass is 32.2. The maximum atomic E-state index is 12.9. The molecule has 0 aliphatic carbocycles. The van der Waals surface area contributed by atoms with Crippen molar-refractivity contribution in [3.05, 3.63) is 53.8 Å². The van der Waals surface area contributed by atoms with Crippen LogP contribution in [0.1, 0.15) is 5.56 Å². The number of nitrogens with zero attached hydrogens (tertiary/aromatic N) is 1. The average Bonchev–Trinajstić information content (AvgIpc) is 2.47. The summed E-state index contributed by atoms with van der Waals surface area (Å²) in [5, 5.41) is 9.05. The number of anilines is 1. The number of ether oxygens (including phenoxy) is 1. The van der Waals surface area contributed by atoms with Gasteiger partial charge in [-0.25, -0.2) is 12.8 Å². The number of para-hydroxylation sites is 1. The molecule has 0 aromatic heterocycles. The van der Waals surface area contributed by atoms with E-state index in [1.165, 1.54) is 19.2 Å². The van der Waals surface area contributed by atoms with E-state index in [0.29, 0.717) is 0 Å². The van der Waals surface area contributed by atoms with Crippen LogP contribution in [0, 0.1) is 17.1 Å². The minimum atomic E-state index is -3.94. The van der Waals surface area contributed by atoms with E-state index in [2.05, 4.69) is 4.72 Å². The second kappa shape index (κ2) is 5.81. The third kappa shape index (κ3) is 3.12. The molecule has 1 N–H and O–H groups in total. The predicted octanol–water partition coefficient (Wildman–Crippen LogP) is 2.51. The van der Waals surface area contributed by atoms with Crippen molar-refractivity contribution < 1.29 is 17.5 Å². The highest BCUT2D eigenvalue weighted by molar-refractivity contribution is 7.92. The van der Waals surface area contributed by atoms with Gasteiger partial charge in [0, 0.05) is 0 Å². The number of halogens is 1. The van der Waals surface area contributed by atoms with E-state index in [9.17, 15) is 12.8 Å². The molecule has 0 aliphatic heterocycles. The molecule has 0 amide bonds. The van der Waals surface area contributed by atoms with Crippen molar-refractivity contribution in [3.63, 3.8) is 0 Å². The summed E-state index contributed by atoms with van der Waals surface area (Å²) in [6, 6.07) is 10.8. The largest absolute Gasteiger partial charge is 0.495 e. The second-order valence-corrected chi connectivity index (χ2v) is 5.74. The lowest BCUT2D eigenvalue weighted by atomic mass is 10.2. The average molecular weight is 306 g/mol. The number of hydrogen-bond acceptors (Lipinski definition) is 4. The summed E-state index contributed by atoms with van der Waals surface area (Å²) in [6.07, 6.45) is 0. The zero-order valence-corrected chi connectivity index (χ0v) is 11.8. The van der Waals surface area contributed by atoms with Crippen molar-refractivity contribution in [1.29, 1.82) is 5.26 Å². The molecule has 0 heterocycles. The summed E-state index contributed by atoms with van der Waals surface area (Å²) in [4.78, 5) is -0.112. The van der Waals surface area contributed by atoms with Gasteiger partial charge in [-0.2, -0.15) is 5.26 Å². The Morgan fingerprint density at radius 3 is 2.43 bits per heavy atom. The molecule has 5 nitrogen and oxygen atoms in total. The van der Waals surface area contributed by atoms with Gasteiger partial charge in [-0.05, 0) is 36.4 Å². The fraction of sp³-hybridized carbons (Fsp3) is 0.0714. The van der Waals surface area contributed by atoms with Gasteiger partial charge in [0.05, 0.1) is 17.6 Å². The van der Waals surface area contributed by atoms with Gasteiger partial charge < -0.3 is 4.74 Å². The van der Waals surface area contributed by atoms with E-state index < -0.39 is 15.8 Å². The van der Waals surface area contributed by atoms with Gasteiger partial charge in [-0.1, -0.05) is 6.07 Å². The summed E-state index contributed by atoms with van der Waals surface area (Å²) in [7, 11) is -2.58. The molecule has 21 heavy (non-hydrogen) atoms. The van der Waals surface area contributed by atoms with E-state index in [0.717, 1.165) is 24.3 Å². The van der Waals surface area contributed by atoms with Crippen LogP contribution < -0.4 is 9.46 Å². The Kier molecular flexibility index (Phi) is 4.10. The first kappa shape index (κ1) is 14.8. The summed E-state index contributed by atoms with van der Waals surface area (Å²) >= 11 is 0. The second-order valence-electron chi connectivity index (χ2n) is 4.05. The molecule has 2 rings (SSSR count). The summed E-state index contributed by atoms with van der Waals surface area (Å²) in [6.45, 7) is 0. The van der Waals surface area contributed by atoms with Gasteiger partial charge in [-0.15, -0.1) is 0 Å². The number of nitrogens with one attached hydrogen (secondary N) is 1. The highest BCUT2D eigenvalue weighted by Gasteiger charge is 2.19. The normalized spacial score (nSPS) is 10.7. The molecule has 2 aromatic rings. The molecule has 2 aromatic carbocycles. The fourth-order valence-electron chi connectivity index (χ4n) is 1.71. The molecule has 0 spiro atoms. The number of rotatable bonds is 4. The Hall–Kier alpha value is -2.59. The van der Waals surface area contributed by atoms with Crippen LogP contribution in [0.4, 0.5) is 10.1 Å². The van der Waals surface area contributed by atoms with E-state index in [4.69, 9.17) is 10.00 Å². The first-order valence-electron chi connectivity index (χ1n) is 5.83. The number of benzene rings is 2. The lowest BCUT2D eigenvalue weighted by Gasteiger charge is -2.13. The number of sulfonamides is 1. The molecule has 0 radical (unpaired) electrons. The van der Waals surface area contributed by atoms with Crippen LogP contribution in [0.25, 0.3) is 0 Å². The molecule has 0 fully saturated rings. The minimum Gasteiger partial charge on any atom is -0.495 e. The summed E-state index contributed by atoms with van der Waals surface area (Å²) in [5.74, 6) is -0.316. The van der Waals surface area contributed by atoms with Crippen molar-refractivity contribution in [2.45, 2.75) is 4.90 Å². The summed E-state index contributed by atoms with van der Waals surface area (Å²) < 4.78 is 44.7.